The average molecular weight is 293 g/mol. The third-order valence-corrected chi connectivity index (χ3v) is 3.63. The zero-order valence-corrected chi connectivity index (χ0v) is 12.1. The van der Waals surface area contributed by atoms with E-state index >= 15 is 0 Å². The van der Waals surface area contributed by atoms with Crippen LogP contribution in [0.5, 0.6) is 0 Å². The number of hydrogen-bond acceptors (Lipinski definition) is 2. The zero-order valence-electron chi connectivity index (χ0n) is 12.1. The zero-order chi connectivity index (χ0) is 15.6. The molecule has 0 spiro atoms. The number of likely N-dealkylation sites (N-methyl/N-ethyl adjacent to an activating group) is 1. The fourth-order valence-electron chi connectivity index (χ4n) is 2.10. The van der Waals surface area contributed by atoms with Gasteiger partial charge in [-0.25, -0.2) is 8.78 Å². The summed E-state index contributed by atoms with van der Waals surface area (Å²) >= 11 is 0. The fraction of sp³-hybridized carbons (Fsp3) is 0.333. The number of rotatable bonds is 4. The Kier molecular flexibility index (Phi) is 4.35. The molecule has 21 heavy (non-hydrogen) atoms. The first-order chi connectivity index (χ1) is 9.91. The number of hydrogen-bond donors (Lipinski definition) is 0. The number of carbonyl (C=O) groups is 1. The molecule has 2 atom stereocenters. The molecule has 4 nitrogen and oxygen atoms in total. The van der Waals surface area contributed by atoms with Crippen LogP contribution in [0, 0.1) is 11.6 Å². The van der Waals surface area contributed by atoms with Gasteiger partial charge in [-0.1, -0.05) is 6.07 Å². The smallest absolute Gasteiger partial charge is 0.247 e. The van der Waals surface area contributed by atoms with Gasteiger partial charge in [0.1, 0.15) is 6.04 Å². The Balaban J connectivity index is 2.16. The first kappa shape index (κ1) is 15.2. The van der Waals surface area contributed by atoms with Crippen molar-refractivity contribution in [2.75, 3.05) is 7.05 Å². The minimum atomic E-state index is -0.916. The maximum Gasteiger partial charge on any atom is 0.247 e. The maximum atomic E-state index is 13.3. The number of nitrogens with zero attached hydrogens (tertiary/aromatic N) is 3. The highest BCUT2D eigenvalue weighted by molar-refractivity contribution is 5.80. The molecule has 1 aromatic heterocycles. The lowest BCUT2D eigenvalue weighted by atomic mass is 10.1. The first-order valence-electron chi connectivity index (χ1n) is 6.62. The van der Waals surface area contributed by atoms with Crippen molar-refractivity contribution in [3.8, 4) is 0 Å². The van der Waals surface area contributed by atoms with Gasteiger partial charge in [0.2, 0.25) is 5.91 Å². The summed E-state index contributed by atoms with van der Waals surface area (Å²) in [6.07, 6.45) is 3.31. The van der Waals surface area contributed by atoms with Crippen LogP contribution < -0.4 is 0 Å². The van der Waals surface area contributed by atoms with Crippen LogP contribution in [0.2, 0.25) is 0 Å². The van der Waals surface area contributed by atoms with Crippen molar-refractivity contribution in [1.29, 1.82) is 0 Å². The normalized spacial score (nSPS) is 13.8. The highest BCUT2D eigenvalue weighted by Crippen LogP contribution is 2.23. The van der Waals surface area contributed by atoms with Crippen LogP contribution in [0.25, 0.3) is 0 Å². The quantitative estimate of drug-likeness (QED) is 0.869. The Morgan fingerprint density at radius 2 is 2.00 bits per heavy atom. The predicted octanol–water partition coefficient (Wildman–Crippen LogP) is 2.94. The molecule has 0 aliphatic carbocycles. The molecular formula is C15H17F2N3O. The van der Waals surface area contributed by atoms with Gasteiger partial charge in [0.05, 0.1) is 6.04 Å². The molecule has 1 amide bonds. The monoisotopic (exact) mass is 293 g/mol. The van der Waals surface area contributed by atoms with Gasteiger partial charge in [0.15, 0.2) is 11.6 Å². The second-order valence-electron chi connectivity index (χ2n) is 4.96. The molecule has 0 aliphatic heterocycles. The molecule has 0 saturated heterocycles. The minimum Gasteiger partial charge on any atom is -0.337 e. The molecule has 2 rings (SSSR count). The summed E-state index contributed by atoms with van der Waals surface area (Å²) in [5.41, 5.74) is 0.539. The minimum absolute atomic E-state index is 0.157. The molecule has 0 N–H and O–H groups in total. The second kappa shape index (κ2) is 6.03. The fourth-order valence-corrected chi connectivity index (χ4v) is 2.10. The van der Waals surface area contributed by atoms with E-state index in [1.54, 1.807) is 44.0 Å². The van der Waals surface area contributed by atoms with Gasteiger partial charge in [-0.2, -0.15) is 5.10 Å². The molecule has 0 radical (unpaired) electrons. The van der Waals surface area contributed by atoms with Crippen molar-refractivity contribution in [2.24, 2.45) is 0 Å². The molecular weight excluding hydrogens is 276 g/mol. The van der Waals surface area contributed by atoms with Gasteiger partial charge in [-0.05, 0) is 37.6 Å². The number of aromatic nitrogens is 2. The summed E-state index contributed by atoms with van der Waals surface area (Å²) in [7, 11) is 1.63. The van der Waals surface area contributed by atoms with Gasteiger partial charge in [-0.3, -0.25) is 9.48 Å². The predicted molar refractivity (Wildman–Crippen MR) is 74.5 cm³/mol. The van der Waals surface area contributed by atoms with Crippen molar-refractivity contribution in [1.82, 2.24) is 14.7 Å². The Hall–Kier alpha value is -2.24. The lowest BCUT2D eigenvalue weighted by Gasteiger charge is -2.28. The third-order valence-electron chi connectivity index (χ3n) is 3.63. The SMILES string of the molecule is CC(c1ccc(F)c(F)c1)N(C)C(=O)C(C)n1cccn1. The highest BCUT2D eigenvalue weighted by atomic mass is 19.2. The van der Waals surface area contributed by atoms with Gasteiger partial charge in [0, 0.05) is 19.4 Å². The van der Waals surface area contributed by atoms with E-state index in [1.807, 2.05) is 0 Å². The van der Waals surface area contributed by atoms with Crippen LogP contribution in [-0.2, 0) is 4.79 Å². The van der Waals surface area contributed by atoms with Crippen LogP contribution in [-0.4, -0.2) is 27.6 Å². The molecule has 0 aliphatic rings. The number of carbonyl (C=O) groups excluding carboxylic acids is 1. The third kappa shape index (κ3) is 3.09. The van der Waals surface area contributed by atoms with Crippen LogP contribution >= 0.6 is 0 Å². The number of amides is 1. The van der Waals surface area contributed by atoms with Crippen molar-refractivity contribution < 1.29 is 13.6 Å². The summed E-state index contributed by atoms with van der Waals surface area (Å²) in [5.74, 6) is -1.97. The average Bonchev–Trinajstić information content (AvgIpc) is 3.01. The van der Waals surface area contributed by atoms with E-state index in [2.05, 4.69) is 5.10 Å². The van der Waals surface area contributed by atoms with Gasteiger partial charge < -0.3 is 4.90 Å². The van der Waals surface area contributed by atoms with Gasteiger partial charge in [0.25, 0.3) is 0 Å². The molecule has 6 heteroatoms. The largest absolute Gasteiger partial charge is 0.337 e. The Bertz CT molecular complexity index is 628. The second-order valence-corrected chi connectivity index (χ2v) is 4.96. The van der Waals surface area contributed by atoms with Crippen molar-refractivity contribution in [3.05, 3.63) is 53.9 Å². The lowest BCUT2D eigenvalue weighted by molar-refractivity contribution is -0.135. The molecule has 2 aromatic rings. The van der Waals surface area contributed by atoms with E-state index in [0.29, 0.717) is 5.56 Å². The first-order valence-corrected chi connectivity index (χ1v) is 6.62. The van der Waals surface area contributed by atoms with E-state index in [-0.39, 0.29) is 11.9 Å². The summed E-state index contributed by atoms with van der Waals surface area (Å²) in [6, 6.07) is 4.57. The highest BCUT2D eigenvalue weighted by Gasteiger charge is 2.24. The van der Waals surface area contributed by atoms with Gasteiger partial charge >= 0.3 is 0 Å². The van der Waals surface area contributed by atoms with Crippen molar-refractivity contribution in [2.45, 2.75) is 25.9 Å². The van der Waals surface area contributed by atoms with Crippen LogP contribution in [0.15, 0.2) is 36.7 Å². The van der Waals surface area contributed by atoms with Crippen LogP contribution in [0.1, 0.15) is 31.5 Å². The van der Waals surface area contributed by atoms with Crippen molar-refractivity contribution in [3.63, 3.8) is 0 Å². The number of halogens is 2. The van der Waals surface area contributed by atoms with Crippen LogP contribution in [0.3, 0.4) is 0 Å². The van der Waals surface area contributed by atoms with Gasteiger partial charge in [-0.15, -0.1) is 0 Å². The summed E-state index contributed by atoms with van der Waals surface area (Å²) in [6.45, 7) is 3.50. The molecule has 2 unspecified atom stereocenters. The molecule has 1 heterocycles. The topological polar surface area (TPSA) is 38.1 Å². The summed E-state index contributed by atoms with van der Waals surface area (Å²) in [4.78, 5) is 13.9. The Morgan fingerprint density at radius 3 is 2.57 bits per heavy atom. The standard InChI is InChI=1S/C15H17F2N3O/c1-10(12-5-6-13(16)14(17)9-12)19(3)15(21)11(2)20-8-4-7-18-20/h4-11H,1-3H3. The molecule has 0 bridgehead atoms. The molecule has 0 fully saturated rings. The molecule has 1 aromatic carbocycles. The summed E-state index contributed by atoms with van der Waals surface area (Å²) < 4.78 is 27.8. The van der Waals surface area contributed by atoms with E-state index in [0.717, 1.165) is 12.1 Å². The van der Waals surface area contributed by atoms with E-state index in [9.17, 15) is 13.6 Å². The number of benzene rings is 1. The molecule has 0 saturated carbocycles. The lowest BCUT2D eigenvalue weighted by Crippen LogP contribution is -2.35. The summed E-state index contributed by atoms with van der Waals surface area (Å²) in [5, 5.41) is 4.04. The van der Waals surface area contributed by atoms with Crippen LogP contribution in [0.4, 0.5) is 8.78 Å². The molecule has 112 valence electrons. The Morgan fingerprint density at radius 1 is 1.29 bits per heavy atom. The van der Waals surface area contributed by atoms with Crippen molar-refractivity contribution >= 4 is 5.91 Å². The van der Waals surface area contributed by atoms with E-state index < -0.39 is 17.7 Å². The Labute approximate surface area is 122 Å². The van der Waals surface area contributed by atoms with E-state index in [1.165, 1.54) is 11.0 Å². The van der Waals surface area contributed by atoms with E-state index in [4.69, 9.17) is 0 Å². The maximum absolute atomic E-state index is 13.3.